The van der Waals surface area contributed by atoms with E-state index in [-0.39, 0.29) is 16.5 Å². The third-order valence-corrected chi connectivity index (χ3v) is 7.13. The van der Waals surface area contributed by atoms with Gasteiger partial charge in [0.1, 0.15) is 6.67 Å². The molecular weight excluding hydrogens is 509 g/mol. The number of anilines is 3. The predicted molar refractivity (Wildman–Crippen MR) is 145 cm³/mol. The van der Waals surface area contributed by atoms with Crippen LogP contribution in [-0.2, 0) is 14.8 Å². The Bertz CT molecular complexity index is 1570. The molecule has 0 saturated carbocycles. The number of hydrogen-bond donors (Lipinski definition) is 2. The van der Waals surface area contributed by atoms with Crippen molar-refractivity contribution < 1.29 is 22.0 Å². The van der Waals surface area contributed by atoms with Crippen molar-refractivity contribution in [1.82, 2.24) is 10.2 Å². The number of nitrogens with zero attached hydrogens (tertiary/aromatic N) is 3. The highest BCUT2D eigenvalue weighted by Gasteiger charge is 2.27. The number of carbonyl (C=O) groups excluding carboxylic acids is 1. The maximum atomic E-state index is 13.1. The lowest BCUT2D eigenvalue weighted by Crippen LogP contribution is -2.32. The summed E-state index contributed by atoms with van der Waals surface area (Å²) in [6.45, 7) is 2.13. The van der Waals surface area contributed by atoms with Gasteiger partial charge in [-0.05, 0) is 68.4 Å². The molecule has 0 bridgehead atoms. The van der Waals surface area contributed by atoms with Gasteiger partial charge in [0.25, 0.3) is 10.0 Å². The smallest absolute Gasteiger partial charge is 0.261 e. The number of alkyl halides is 1. The van der Waals surface area contributed by atoms with E-state index in [0.29, 0.717) is 17.1 Å². The molecule has 3 aromatic carbocycles. The summed E-state index contributed by atoms with van der Waals surface area (Å²) in [5, 5.41) is 10.8. The van der Waals surface area contributed by atoms with Crippen LogP contribution in [0, 0.1) is 5.41 Å². The molecule has 11 heteroatoms. The van der Waals surface area contributed by atoms with E-state index in [4.69, 9.17) is 4.42 Å². The van der Waals surface area contributed by atoms with Gasteiger partial charge in [-0.25, -0.2) is 12.8 Å². The third-order valence-electron chi connectivity index (χ3n) is 5.75. The average molecular weight is 538 g/mol. The Morgan fingerprint density at radius 2 is 1.53 bits per heavy atom. The Labute approximate surface area is 220 Å². The largest absolute Gasteiger partial charge is 0.416 e. The van der Waals surface area contributed by atoms with Crippen LogP contribution in [0.4, 0.5) is 21.5 Å². The van der Waals surface area contributed by atoms with Crippen molar-refractivity contribution in [2.24, 2.45) is 5.41 Å². The van der Waals surface area contributed by atoms with Crippen LogP contribution in [0.25, 0.3) is 22.9 Å². The van der Waals surface area contributed by atoms with E-state index in [1.165, 1.54) is 32.0 Å². The first-order valence-electron chi connectivity index (χ1n) is 11.7. The number of halogens is 1. The standard InChI is InChI=1S/C27H28FN5O4S/c1-27(2,17-28)26(34)29-20-10-7-11-21(16-20)32-38(35,36)23-13-6-9-19(15-23)25-31-30-24(37-25)18-8-5-12-22(14-18)33(3)4/h5-16,32H,17H2,1-4H3,(H,29,34). The molecule has 0 fully saturated rings. The molecule has 38 heavy (non-hydrogen) atoms. The monoisotopic (exact) mass is 537 g/mol. The molecule has 0 spiro atoms. The zero-order valence-electron chi connectivity index (χ0n) is 21.4. The highest BCUT2D eigenvalue weighted by molar-refractivity contribution is 7.92. The first-order valence-corrected chi connectivity index (χ1v) is 13.2. The molecular formula is C27H28FN5O4S. The molecule has 0 saturated heterocycles. The number of nitrogens with one attached hydrogen (secondary N) is 2. The van der Waals surface area contributed by atoms with Gasteiger partial charge in [-0.15, -0.1) is 10.2 Å². The van der Waals surface area contributed by atoms with Crippen LogP contribution in [0.1, 0.15) is 13.8 Å². The number of benzene rings is 3. The minimum Gasteiger partial charge on any atom is -0.416 e. The second kappa shape index (κ2) is 10.6. The molecule has 0 aliphatic heterocycles. The minimum absolute atomic E-state index is 0.0163. The van der Waals surface area contributed by atoms with Gasteiger partial charge in [-0.1, -0.05) is 18.2 Å². The first kappa shape index (κ1) is 26.8. The van der Waals surface area contributed by atoms with Gasteiger partial charge in [-0.2, -0.15) is 0 Å². The summed E-state index contributed by atoms with van der Waals surface area (Å²) in [6.07, 6.45) is 0. The zero-order valence-corrected chi connectivity index (χ0v) is 22.2. The van der Waals surface area contributed by atoms with Crippen molar-refractivity contribution in [3.63, 3.8) is 0 Å². The lowest BCUT2D eigenvalue weighted by Gasteiger charge is -2.19. The Morgan fingerprint density at radius 3 is 2.18 bits per heavy atom. The summed E-state index contributed by atoms with van der Waals surface area (Å²) in [5.74, 6) is -0.0301. The fraction of sp³-hybridized carbons (Fsp3) is 0.222. The Kier molecular flexibility index (Phi) is 7.49. The molecule has 0 aliphatic rings. The molecule has 1 amide bonds. The van der Waals surface area contributed by atoms with E-state index in [9.17, 15) is 17.6 Å². The van der Waals surface area contributed by atoms with Crippen LogP contribution in [0.15, 0.2) is 82.1 Å². The quantitative estimate of drug-likeness (QED) is 0.301. The van der Waals surface area contributed by atoms with Crippen LogP contribution >= 0.6 is 0 Å². The lowest BCUT2D eigenvalue weighted by atomic mass is 9.94. The van der Waals surface area contributed by atoms with Crippen LogP contribution in [0.3, 0.4) is 0 Å². The van der Waals surface area contributed by atoms with Crippen LogP contribution in [-0.4, -0.2) is 45.3 Å². The summed E-state index contributed by atoms with van der Waals surface area (Å²) in [5.41, 5.74) is 1.50. The van der Waals surface area contributed by atoms with Crippen molar-refractivity contribution in [2.75, 3.05) is 35.7 Å². The SMILES string of the molecule is CN(C)c1cccc(-c2nnc(-c3cccc(S(=O)(=O)Nc4cccc(NC(=O)C(C)(C)CF)c4)c3)o2)c1. The predicted octanol–water partition coefficient (Wildman–Crippen LogP) is 5.20. The molecule has 0 unspecified atom stereocenters. The van der Waals surface area contributed by atoms with Gasteiger partial charge in [0.15, 0.2) is 0 Å². The summed E-state index contributed by atoms with van der Waals surface area (Å²) in [6, 6.07) is 19.9. The zero-order chi connectivity index (χ0) is 27.5. The minimum atomic E-state index is -4.00. The van der Waals surface area contributed by atoms with Crippen molar-refractivity contribution in [2.45, 2.75) is 18.7 Å². The molecule has 1 aromatic heterocycles. The number of sulfonamides is 1. The van der Waals surface area contributed by atoms with Crippen molar-refractivity contribution in [3.05, 3.63) is 72.8 Å². The summed E-state index contributed by atoms with van der Waals surface area (Å²) in [7, 11) is -0.143. The molecule has 0 aliphatic carbocycles. The topological polar surface area (TPSA) is 117 Å². The Hall–Kier alpha value is -4.25. The first-order chi connectivity index (χ1) is 18.0. The molecule has 2 N–H and O–H groups in total. The van der Waals surface area contributed by atoms with Gasteiger partial charge in [0, 0.05) is 36.6 Å². The number of amides is 1. The van der Waals surface area contributed by atoms with Crippen molar-refractivity contribution >= 4 is 33.0 Å². The second-order valence-electron chi connectivity index (χ2n) is 9.54. The Morgan fingerprint density at radius 1 is 0.921 bits per heavy atom. The van der Waals surface area contributed by atoms with E-state index < -0.39 is 28.0 Å². The van der Waals surface area contributed by atoms with E-state index in [1.54, 1.807) is 30.3 Å². The molecule has 4 aromatic rings. The van der Waals surface area contributed by atoms with Crippen molar-refractivity contribution in [3.8, 4) is 22.9 Å². The second-order valence-corrected chi connectivity index (χ2v) is 11.2. The molecule has 198 valence electrons. The summed E-state index contributed by atoms with van der Waals surface area (Å²) < 4.78 is 47.7. The van der Waals surface area contributed by atoms with E-state index in [0.717, 1.165) is 11.3 Å². The Balaban J connectivity index is 1.55. The van der Waals surface area contributed by atoms with Gasteiger partial charge in [-0.3, -0.25) is 9.52 Å². The van der Waals surface area contributed by atoms with Crippen LogP contribution in [0.5, 0.6) is 0 Å². The fourth-order valence-corrected chi connectivity index (χ4v) is 4.50. The van der Waals surface area contributed by atoms with Crippen LogP contribution < -0.4 is 14.9 Å². The number of hydrogen-bond acceptors (Lipinski definition) is 7. The highest BCUT2D eigenvalue weighted by Crippen LogP contribution is 2.28. The number of carbonyl (C=O) groups is 1. The van der Waals surface area contributed by atoms with E-state index >= 15 is 0 Å². The third kappa shape index (κ3) is 6.00. The summed E-state index contributed by atoms with van der Waals surface area (Å²) >= 11 is 0. The van der Waals surface area contributed by atoms with Gasteiger partial charge in [0.2, 0.25) is 17.7 Å². The van der Waals surface area contributed by atoms with Gasteiger partial charge in [0.05, 0.1) is 16.0 Å². The lowest BCUT2D eigenvalue weighted by molar-refractivity contribution is -0.124. The van der Waals surface area contributed by atoms with Crippen LogP contribution in [0.2, 0.25) is 0 Å². The maximum Gasteiger partial charge on any atom is 0.261 e. The van der Waals surface area contributed by atoms with E-state index in [2.05, 4.69) is 20.2 Å². The molecule has 9 nitrogen and oxygen atoms in total. The highest BCUT2D eigenvalue weighted by atomic mass is 32.2. The molecule has 0 radical (unpaired) electrons. The van der Waals surface area contributed by atoms with Crippen molar-refractivity contribution in [1.29, 1.82) is 0 Å². The molecule has 1 heterocycles. The normalized spacial score (nSPS) is 11.7. The molecule has 0 atom stereocenters. The number of aromatic nitrogens is 2. The summed E-state index contributed by atoms with van der Waals surface area (Å²) in [4.78, 5) is 14.2. The van der Waals surface area contributed by atoms with E-state index in [1.807, 2.05) is 43.3 Å². The maximum absolute atomic E-state index is 13.1. The fourth-order valence-electron chi connectivity index (χ4n) is 3.41. The molecule has 4 rings (SSSR count). The number of rotatable bonds is 9. The van der Waals surface area contributed by atoms with Gasteiger partial charge < -0.3 is 14.6 Å². The van der Waals surface area contributed by atoms with Gasteiger partial charge >= 0.3 is 0 Å². The average Bonchev–Trinajstić information content (AvgIpc) is 3.39.